The Bertz CT molecular complexity index is 907. The van der Waals surface area contributed by atoms with E-state index in [2.05, 4.69) is 0 Å². The minimum Gasteiger partial charge on any atom is -0.504 e. The van der Waals surface area contributed by atoms with E-state index >= 15 is 0 Å². The van der Waals surface area contributed by atoms with E-state index in [0.29, 0.717) is 5.56 Å². The molecule has 9 nitrogen and oxygen atoms in total. The average Bonchev–Trinajstić information content (AvgIpc) is 2.75. The van der Waals surface area contributed by atoms with Crippen molar-refractivity contribution in [3.8, 4) is 17.2 Å². The molecule has 1 aliphatic rings. The first-order valence-electron chi connectivity index (χ1n) is 9.12. The highest BCUT2D eigenvalue weighted by Crippen LogP contribution is 2.29. The number of carbonyl (C=O) groups excluding carboxylic acids is 1. The molecule has 1 aliphatic heterocycles. The molecule has 0 amide bonds. The number of aliphatic hydroxyl groups is 4. The molecule has 160 valence electrons. The van der Waals surface area contributed by atoms with Crippen LogP contribution in [-0.2, 0) is 4.74 Å². The van der Waals surface area contributed by atoms with Gasteiger partial charge in [-0.25, -0.2) is 0 Å². The molecule has 1 saturated heterocycles. The van der Waals surface area contributed by atoms with Gasteiger partial charge < -0.3 is 40.1 Å². The third kappa shape index (κ3) is 4.61. The molecule has 9 heteroatoms. The number of allylic oxidation sites excluding steroid dienone is 1. The zero-order chi connectivity index (χ0) is 21.8. The Hall–Kier alpha value is -2.95. The molecule has 1 heterocycles. The summed E-state index contributed by atoms with van der Waals surface area (Å²) in [5.74, 6) is -1.09. The molecule has 0 unspecified atom stereocenters. The second-order valence-corrected chi connectivity index (χ2v) is 6.76. The van der Waals surface area contributed by atoms with Gasteiger partial charge in [0.25, 0.3) is 0 Å². The number of rotatable bonds is 6. The van der Waals surface area contributed by atoms with Crippen molar-refractivity contribution in [2.24, 2.45) is 0 Å². The second kappa shape index (κ2) is 9.24. The van der Waals surface area contributed by atoms with E-state index in [-0.39, 0.29) is 17.1 Å². The van der Waals surface area contributed by atoms with Crippen molar-refractivity contribution in [1.82, 2.24) is 0 Å². The van der Waals surface area contributed by atoms with Crippen LogP contribution in [0.1, 0.15) is 15.9 Å². The summed E-state index contributed by atoms with van der Waals surface area (Å²) in [7, 11) is 0. The lowest BCUT2D eigenvalue weighted by Crippen LogP contribution is -2.60. The lowest BCUT2D eigenvalue weighted by Gasteiger charge is -2.39. The molecule has 0 saturated carbocycles. The lowest BCUT2D eigenvalue weighted by molar-refractivity contribution is -0.277. The minimum absolute atomic E-state index is 0.0335. The third-order valence-corrected chi connectivity index (χ3v) is 4.69. The predicted octanol–water partition coefficient (Wildman–Crippen LogP) is 0.173. The van der Waals surface area contributed by atoms with Crippen LogP contribution in [0.25, 0.3) is 6.08 Å². The summed E-state index contributed by atoms with van der Waals surface area (Å²) in [5.41, 5.74) is 0.595. The summed E-state index contributed by atoms with van der Waals surface area (Å²) in [6.45, 7) is -0.558. The average molecular weight is 418 g/mol. The summed E-state index contributed by atoms with van der Waals surface area (Å²) in [5, 5.41) is 58.0. The number of benzene rings is 2. The van der Waals surface area contributed by atoms with Crippen molar-refractivity contribution in [3.63, 3.8) is 0 Å². The van der Waals surface area contributed by atoms with E-state index in [9.17, 15) is 35.4 Å². The summed E-state index contributed by atoms with van der Waals surface area (Å²) < 4.78 is 10.8. The monoisotopic (exact) mass is 418 g/mol. The smallest absolute Gasteiger partial charge is 0.229 e. The van der Waals surface area contributed by atoms with Gasteiger partial charge in [-0.3, -0.25) is 4.79 Å². The van der Waals surface area contributed by atoms with Crippen LogP contribution in [0.4, 0.5) is 0 Å². The molecule has 2 aromatic carbocycles. The van der Waals surface area contributed by atoms with Gasteiger partial charge >= 0.3 is 0 Å². The summed E-state index contributed by atoms with van der Waals surface area (Å²) in [4.78, 5) is 12.2. The number of ketones is 1. The van der Waals surface area contributed by atoms with Gasteiger partial charge in [-0.15, -0.1) is 0 Å². The van der Waals surface area contributed by atoms with E-state index < -0.39 is 48.8 Å². The Kier molecular flexibility index (Phi) is 6.70. The maximum atomic E-state index is 12.2. The van der Waals surface area contributed by atoms with Crippen molar-refractivity contribution in [1.29, 1.82) is 0 Å². The summed E-state index contributed by atoms with van der Waals surface area (Å²) >= 11 is 0. The molecule has 6 N–H and O–H groups in total. The first-order chi connectivity index (χ1) is 14.3. The van der Waals surface area contributed by atoms with E-state index in [0.717, 1.165) is 0 Å². The molecule has 0 aliphatic carbocycles. The first-order valence-corrected chi connectivity index (χ1v) is 9.12. The molecule has 0 bridgehead atoms. The van der Waals surface area contributed by atoms with E-state index in [1.165, 1.54) is 42.5 Å². The van der Waals surface area contributed by atoms with Crippen molar-refractivity contribution in [2.75, 3.05) is 6.61 Å². The Labute approximate surface area is 171 Å². The van der Waals surface area contributed by atoms with E-state index in [1.54, 1.807) is 12.1 Å². The number of phenolic OH excluding ortho intramolecular Hbond substituents is 2. The predicted molar refractivity (Wildman–Crippen MR) is 104 cm³/mol. The number of hydrogen-bond donors (Lipinski definition) is 6. The minimum atomic E-state index is -1.54. The lowest BCUT2D eigenvalue weighted by atomic mass is 9.99. The Morgan fingerprint density at radius 1 is 1.00 bits per heavy atom. The number of carbonyl (C=O) groups is 1. The SMILES string of the molecule is O=C(C=Cc1ccc(O[C@@H]2O[C@H](CO)[C@@H](O)[C@H](O)[C@@H]2O)cc1)c1cccc(O)c1O. The molecular formula is C21H22O9. The van der Waals surface area contributed by atoms with Gasteiger partial charge in [0.2, 0.25) is 6.29 Å². The number of phenols is 2. The van der Waals surface area contributed by atoms with Crippen LogP contribution in [0.15, 0.2) is 48.5 Å². The van der Waals surface area contributed by atoms with Gasteiger partial charge in [0.1, 0.15) is 30.2 Å². The Balaban J connectivity index is 1.65. The van der Waals surface area contributed by atoms with Gasteiger partial charge in [0.15, 0.2) is 17.3 Å². The molecule has 0 spiro atoms. The molecule has 3 rings (SSSR count). The highest BCUT2D eigenvalue weighted by Gasteiger charge is 2.44. The standard InChI is InChI=1S/C21H22O9/c22-10-16-18(26)19(27)20(28)21(30-16)29-12-7-4-11(5-8-12)6-9-14(23)13-2-1-3-15(24)17(13)25/h1-9,16,18-22,24-28H,10H2/t16-,18-,19+,20+,21-/m1/s1. The van der Waals surface area contributed by atoms with Crippen molar-refractivity contribution >= 4 is 11.9 Å². The van der Waals surface area contributed by atoms with Crippen molar-refractivity contribution < 1.29 is 44.9 Å². The number of aromatic hydroxyl groups is 2. The fourth-order valence-corrected chi connectivity index (χ4v) is 2.95. The van der Waals surface area contributed by atoms with Crippen LogP contribution in [-0.4, -0.2) is 73.7 Å². The zero-order valence-corrected chi connectivity index (χ0v) is 15.7. The second-order valence-electron chi connectivity index (χ2n) is 6.76. The fourth-order valence-electron chi connectivity index (χ4n) is 2.95. The van der Waals surface area contributed by atoms with Crippen LogP contribution in [0.5, 0.6) is 17.2 Å². The number of hydrogen-bond acceptors (Lipinski definition) is 9. The molecule has 0 aromatic heterocycles. The largest absolute Gasteiger partial charge is 0.504 e. The number of ether oxygens (including phenoxy) is 2. The van der Waals surface area contributed by atoms with Crippen LogP contribution in [0.2, 0.25) is 0 Å². The molecule has 5 atom stereocenters. The van der Waals surface area contributed by atoms with Crippen LogP contribution in [0.3, 0.4) is 0 Å². The van der Waals surface area contributed by atoms with Gasteiger partial charge in [-0.2, -0.15) is 0 Å². The van der Waals surface area contributed by atoms with E-state index in [4.69, 9.17) is 9.47 Å². The van der Waals surface area contributed by atoms with E-state index in [1.807, 2.05) is 0 Å². The maximum absolute atomic E-state index is 12.2. The van der Waals surface area contributed by atoms with Gasteiger partial charge in [-0.1, -0.05) is 24.3 Å². The highest BCUT2D eigenvalue weighted by molar-refractivity contribution is 6.09. The van der Waals surface area contributed by atoms with Crippen LogP contribution in [0, 0.1) is 0 Å². The zero-order valence-electron chi connectivity index (χ0n) is 15.7. The fraction of sp³-hybridized carbons (Fsp3) is 0.286. The van der Waals surface area contributed by atoms with Crippen LogP contribution >= 0.6 is 0 Å². The summed E-state index contributed by atoms with van der Waals surface area (Å²) in [6.07, 6.45) is -4.16. The van der Waals surface area contributed by atoms with Crippen molar-refractivity contribution in [2.45, 2.75) is 30.7 Å². The molecule has 1 fully saturated rings. The topological polar surface area (TPSA) is 157 Å². The van der Waals surface area contributed by atoms with Crippen molar-refractivity contribution in [3.05, 3.63) is 59.7 Å². The molecule has 2 aromatic rings. The van der Waals surface area contributed by atoms with Gasteiger partial charge in [-0.05, 0) is 35.9 Å². The number of para-hydroxylation sites is 1. The Morgan fingerprint density at radius 2 is 1.70 bits per heavy atom. The number of aliphatic hydroxyl groups excluding tert-OH is 4. The first kappa shape index (κ1) is 21.8. The molecule has 0 radical (unpaired) electrons. The third-order valence-electron chi connectivity index (χ3n) is 4.69. The quantitative estimate of drug-likeness (QED) is 0.219. The summed E-state index contributed by atoms with van der Waals surface area (Å²) in [6, 6.07) is 10.4. The van der Waals surface area contributed by atoms with Crippen LogP contribution < -0.4 is 4.74 Å². The molecular weight excluding hydrogens is 396 g/mol. The van der Waals surface area contributed by atoms with Gasteiger partial charge in [0, 0.05) is 0 Å². The molecule has 30 heavy (non-hydrogen) atoms. The highest BCUT2D eigenvalue weighted by atomic mass is 16.7. The Morgan fingerprint density at radius 3 is 2.37 bits per heavy atom. The van der Waals surface area contributed by atoms with Gasteiger partial charge in [0.05, 0.1) is 12.2 Å². The normalized spacial score (nSPS) is 26.6. The maximum Gasteiger partial charge on any atom is 0.229 e.